The van der Waals surface area contributed by atoms with Crippen LogP contribution in [0.25, 0.3) is 0 Å². The Hall–Kier alpha value is -2.70. The number of benzene rings is 1. The molecule has 0 unspecified atom stereocenters. The molecule has 1 heterocycles. The number of ether oxygens (including phenoxy) is 1. The topological polar surface area (TPSA) is 92.8 Å². The third kappa shape index (κ3) is 4.66. The smallest absolute Gasteiger partial charge is 0.326 e. The maximum Gasteiger partial charge on any atom is 0.326 e. The number of hydrogen-bond acceptors (Lipinski definition) is 5. The Labute approximate surface area is 170 Å². The molecule has 0 saturated heterocycles. The van der Waals surface area contributed by atoms with E-state index in [1.807, 2.05) is 0 Å². The minimum atomic E-state index is -0.991. The molecule has 0 bridgehead atoms. The Kier molecular flexibility index (Phi) is 6.35. The monoisotopic (exact) mass is 400 g/mol. The molecule has 1 aromatic carbocycles. The van der Waals surface area contributed by atoms with Crippen molar-refractivity contribution in [3.8, 4) is 0 Å². The van der Waals surface area contributed by atoms with Gasteiger partial charge in [0.2, 0.25) is 5.91 Å². The van der Waals surface area contributed by atoms with E-state index in [4.69, 9.17) is 4.74 Å². The molecule has 1 N–H and O–H groups in total. The van der Waals surface area contributed by atoms with Crippen LogP contribution in [0.1, 0.15) is 56.0 Å². The molecular weight excluding hydrogens is 372 g/mol. The van der Waals surface area contributed by atoms with E-state index in [-0.39, 0.29) is 18.4 Å². The number of nitrogens with one attached hydrogen (secondary N) is 1. The van der Waals surface area contributed by atoms with Gasteiger partial charge in [-0.2, -0.15) is 0 Å². The third-order valence-corrected chi connectivity index (χ3v) is 6.13. The van der Waals surface area contributed by atoms with Crippen LogP contribution >= 0.6 is 0 Å². The lowest BCUT2D eigenvalue weighted by Crippen LogP contribution is -2.49. The summed E-state index contributed by atoms with van der Waals surface area (Å²) in [5, 5.41) is 2.97. The van der Waals surface area contributed by atoms with Gasteiger partial charge in [0.05, 0.1) is 6.42 Å². The highest BCUT2D eigenvalue weighted by atomic mass is 16.5. The molecule has 0 radical (unpaired) electrons. The lowest BCUT2D eigenvalue weighted by molar-refractivity contribution is -0.157. The van der Waals surface area contributed by atoms with Crippen LogP contribution in [0.3, 0.4) is 0 Å². The first kappa shape index (κ1) is 21.0. The van der Waals surface area contributed by atoms with Gasteiger partial charge in [0.1, 0.15) is 6.54 Å². The minimum absolute atomic E-state index is 0.0585. The number of hydrogen-bond donors (Lipinski definition) is 1. The van der Waals surface area contributed by atoms with E-state index in [0.717, 1.165) is 24.2 Å². The second-order valence-electron chi connectivity index (χ2n) is 8.13. The molecule has 1 fully saturated rings. The molecule has 1 aromatic rings. The first-order valence-corrected chi connectivity index (χ1v) is 10.2. The van der Waals surface area contributed by atoms with Gasteiger partial charge in [-0.25, -0.2) is 0 Å². The molecule has 7 nitrogen and oxygen atoms in total. The summed E-state index contributed by atoms with van der Waals surface area (Å²) in [6.45, 7) is 5.30. The number of rotatable bonds is 5. The summed E-state index contributed by atoms with van der Waals surface area (Å²) in [6, 6.07) is 6.89. The highest BCUT2D eigenvalue weighted by molar-refractivity contribution is 6.11. The van der Waals surface area contributed by atoms with Gasteiger partial charge >= 0.3 is 5.97 Å². The normalized spacial score (nSPS) is 25.2. The number of carbonyl (C=O) groups excluding carboxylic acids is 4. The van der Waals surface area contributed by atoms with Crippen LogP contribution in [0, 0.1) is 11.8 Å². The van der Waals surface area contributed by atoms with Crippen LogP contribution in [0.5, 0.6) is 0 Å². The van der Waals surface area contributed by atoms with Crippen molar-refractivity contribution in [2.45, 2.75) is 58.6 Å². The van der Waals surface area contributed by atoms with Crippen LogP contribution in [0.2, 0.25) is 0 Å². The lowest BCUT2D eigenvalue weighted by Gasteiger charge is -2.35. The van der Waals surface area contributed by atoms with E-state index in [0.29, 0.717) is 23.0 Å². The van der Waals surface area contributed by atoms with Gasteiger partial charge in [-0.05, 0) is 36.8 Å². The molecular formula is C22H28N2O5. The van der Waals surface area contributed by atoms with E-state index >= 15 is 0 Å². The summed E-state index contributed by atoms with van der Waals surface area (Å²) in [5.41, 5.74) is 1.06. The average Bonchev–Trinajstić information content (AvgIpc) is 2.68. The van der Waals surface area contributed by atoms with Gasteiger partial charge in [0, 0.05) is 11.6 Å². The van der Waals surface area contributed by atoms with Gasteiger partial charge in [-0.1, -0.05) is 44.9 Å². The fourth-order valence-corrected chi connectivity index (χ4v) is 4.06. The SMILES string of the molecule is C[C@@H]1[C@H](C)CCC[C@@H]1NC(=O)[C@@H](C)OC(=O)CN1C(=O)Cc2ccccc2C1=O. The summed E-state index contributed by atoms with van der Waals surface area (Å²) in [5.74, 6) is -1.21. The van der Waals surface area contributed by atoms with Crippen molar-refractivity contribution in [2.24, 2.45) is 11.8 Å². The summed E-state index contributed by atoms with van der Waals surface area (Å²) in [4.78, 5) is 50.4. The van der Waals surface area contributed by atoms with Crippen molar-refractivity contribution >= 4 is 23.7 Å². The van der Waals surface area contributed by atoms with Crippen LogP contribution < -0.4 is 5.32 Å². The third-order valence-electron chi connectivity index (χ3n) is 6.13. The fourth-order valence-electron chi connectivity index (χ4n) is 4.06. The van der Waals surface area contributed by atoms with Crippen molar-refractivity contribution in [3.63, 3.8) is 0 Å². The average molecular weight is 400 g/mol. The Morgan fingerprint density at radius 2 is 1.93 bits per heavy atom. The van der Waals surface area contributed by atoms with Crippen molar-refractivity contribution in [2.75, 3.05) is 6.54 Å². The standard InChI is InChI=1S/C22H28N2O5/c1-13-7-6-10-18(14(13)2)23-21(27)15(3)29-20(26)12-24-19(25)11-16-8-4-5-9-17(16)22(24)28/h4-5,8-9,13-15,18H,6-7,10-12H2,1-3H3,(H,23,27)/t13-,14-,15-,18+/m1/s1. The Balaban J connectivity index is 1.55. The molecule has 0 spiro atoms. The lowest BCUT2D eigenvalue weighted by atomic mass is 9.78. The van der Waals surface area contributed by atoms with Gasteiger partial charge in [-0.3, -0.25) is 24.1 Å². The van der Waals surface area contributed by atoms with Crippen LogP contribution in [0.15, 0.2) is 24.3 Å². The number of amides is 3. The molecule has 7 heteroatoms. The van der Waals surface area contributed by atoms with Crippen molar-refractivity contribution in [1.82, 2.24) is 10.2 Å². The van der Waals surface area contributed by atoms with Gasteiger partial charge < -0.3 is 10.1 Å². The highest BCUT2D eigenvalue weighted by Gasteiger charge is 2.34. The molecule has 156 valence electrons. The predicted molar refractivity (Wildman–Crippen MR) is 106 cm³/mol. The van der Waals surface area contributed by atoms with Crippen LogP contribution in [0.4, 0.5) is 0 Å². The Bertz CT molecular complexity index is 821. The van der Waals surface area contributed by atoms with Crippen LogP contribution in [-0.4, -0.2) is 47.3 Å². The molecule has 0 aromatic heterocycles. The van der Waals surface area contributed by atoms with Crippen LogP contribution in [-0.2, 0) is 25.5 Å². The zero-order valence-electron chi connectivity index (χ0n) is 17.1. The number of nitrogens with zero attached hydrogens (tertiary/aromatic N) is 1. The van der Waals surface area contributed by atoms with Crippen molar-refractivity contribution in [1.29, 1.82) is 0 Å². The van der Waals surface area contributed by atoms with Crippen molar-refractivity contribution in [3.05, 3.63) is 35.4 Å². The Morgan fingerprint density at radius 3 is 2.69 bits per heavy atom. The largest absolute Gasteiger partial charge is 0.451 e. The van der Waals surface area contributed by atoms with Gasteiger partial charge in [0.15, 0.2) is 6.10 Å². The number of imide groups is 1. The predicted octanol–water partition coefficient (Wildman–Crippen LogP) is 2.08. The number of esters is 1. The zero-order chi connectivity index (χ0) is 21.1. The molecule has 29 heavy (non-hydrogen) atoms. The summed E-state index contributed by atoms with van der Waals surface area (Å²) in [7, 11) is 0. The highest BCUT2D eigenvalue weighted by Crippen LogP contribution is 2.29. The maximum absolute atomic E-state index is 12.5. The second-order valence-corrected chi connectivity index (χ2v) is 8.13. The fraction of sp³-hybridized carbons (Fsp3) is 0.545. The minimum Gasteiger partial charge on any atom is -0.451 e. The first-order valence-electron chi connectivity index (χ1n) is 10.2. The molecule has 2 aliphatic rings. The van der Waals surface area contributed by atoms with E-state index in [2.05, 4.69) is 19.2 Å². The summed E-state index contributed by atoms with van der Waals surface area (Å²) < 4.78 is 5.21. The van der Waals surface area contributed by atoms with Gasteiger partial charge in [0.25, 0.3) is 11.8 Å². The van der Waals surface area contributed by atoms with E-state index in [9.17, 15) is 19.2 Å². The quantitative estimate of drug-likeness (QED) is 0.603. The maximum atomic E-state index is 12.5. The summed E-state index contributed by atoms with van der Waals surface area (Å²) in [6.07, 6.45) is 2.19. The second kappa shape index (κ2) is 8.76. The number of carbonyl (C=O) groups is 4. The van der Waals surface area contributed by atoms with E-state index in [1.165, 1.54) is 6.92 Å². The molecule has 1 aliphatic carbocycles. The molecule has 3 amide bonds. The first-order chi connectivity index (χ1) is 13.8. The van der Waals surface area contributed by atoms with Crippen molar-refractivity contribution < 1.29 is 23.9 Å². The van der Waals surface area contributed by atoms with Gasteiger partial charge in [-0.15, -0.1) is 0 Å². The molecule has 4 atom stereocenters. The van der Waals surface area contributed by atoms with E-state index < -0.39 is 30.4 Å². The Morgan fingerprint density at radius 1 is 1.21 bits per heavy atom. The van der Waals surface area contributed by atoms with E-state index in [1.54, 1.807) is 24.3 Å². The molecule has 1 saturated carbocycles. The summed E-state index contributed by atoms with van der Waals surface area (Å²) >= 11 is 0. The zero-order valence-corrected chi connectivity index (χ0v) is 17.1. The molecule has 3 rings (SSSR count). The molecule has 1 aliphatic heterocycles. The number of fused-ring (bicyclic) bond motifs is 1.